The summed E-state index contributed by atoms with van der Waals surface area (Å²) in [4.78, 5) is -1.15. The Labute approximate surface area is 97.3 Å². The third-order valence-corrected chi connectivity index (χ3v) is 2.91. The first kappa shape index (κ1) is 13.8. The molecule has 0 aliphatic rings. The summed E-state index contributed by atoms with van der Waals surface area (Å²) in [6.45, 7) is 0. The topological polar surface area (TPSA) is 69.4 Å². The number of ether oxygens (including phenoxy) is 1. The van der Waals surface area contributed by atoms with Crippen LogP contribution in [0.25, 0.3) is 0 Å². The number of anilines is 1. The third kappa shape index (κ3) is 3.37. The lowest BCUT2D eigenvalue weighted by molar-refractivity contribution is -0.275. The van der Waals surface area contributed by atoms with Crippen molar-refractivity contribution in [1.82, 2.24) is 0 Å². The van der Waals surface area contributed by atoms with Gasteiger partial charge < -0.3 is 10.5 Å². The molecule has 0 fully saturated rings. The summed E-state index contributed by atoms with van der Waals surface area (Å²) in [7, 11) is 0.280. The van der Waals surface area contributed by atoms with Gasteiger partial charge in [0.1, 0.15) is 4.90 Å². The highest BCUT2D eigenvalue weighted by Gasteiger charge is 2.35. The van der Waals surface area contributed by atoms with Gasteiger partial charge >= 0.3 is 6.36 Å². The molecular formula is C7H4ClF4NO3S. The number of nitrogen functional groups attached to an aromatic ring is 1. The summed E-state index contributed by atoms with van der Waals surface area (Å²) >= 11 is 0. The number of rotatable bonds is 2. The van der Waals surface area contributed by atoms with Crippen molar-refractivity contribution >= 4 is 25.4 Å². The Bertz CT molecular complexity index is 543. The van der Waals surface area contributed by atoms with Crippen molar-refractivity contribution in [3.05, 3.63) is 17.9 Å². The molecule has 0 radical (unpaired) electrons. The highest BCUT2D eigenvalue weighted by atomic mass is 35.7. The first-order valence-electron chi connectivity index (χ1n) is 3.81. The fourth-order valence-electron chi connectivity index (χ4n) is 0.961. The van der Waals surface area contributed by atoms with Crippen LogP contribution in [-0.2, 0) is 9.05 Å². The SMILES string of the molecule is Nc1ccc(S(=O)(=O)Cl)c(F)c1OC(F)(F)F. The number of nitrogens with two attached hydrogens (primary N) is 1. The monoisotopic (exact) mass is 293 g/mol. The van der Waals surface area contributed by atoms with Crippen LogP contribution < -0.4 is 10.5 Å². The van der Waals surface area contributed by atoms with E-state index in [9.17, 15) is 26.0 Å². The van der Waals surface area contributed by atoms with Gasteiger partial charge in [0.15, 0.2) is 11.6 Å². The molecule has 10 heteroatoms. The van der Waals surface area contributed by atoms with E-state index in [4.69, 9.17) is 16.4 Å². The van der Waals surface area contributed by atoms with Crippen molar-refractivity contribution in [1.29, 1.82) is 0 Å². The molecule has 0 atom stereocenters. The zero-order chi connectivity index (χ0) is 13.4. The molecule has 1 aromatic rings. The predicted octanol–water partition coefficient (Wildman–Crippen LogP) is 2.23. The fraction of sp³-hybridized carbons (Fsp3) is 0.143. The maximum atomic E-state index is 13.4. The molecule has 0 saturated heterocycles. The lowest BCUT2D eigenvalue weighted by Gasteiger charge is -2.12. The number of hydrogen-bond acceptors (Lipinski definition) is 4. The lowest BCUT2D eigenvalue weighted by atomic mass is 10.3. The summed E-state index contributed by atoms with van der Waals surface area (Å²) in [5, 5.41) is 0. The molecule has 96 valence electrons. The van der Waals surface area contributed by atoms with E-state index >= 15 is 0 Å². The van der Waals surface area contributed by atoms with Gasteiger partial charge in [0.2, 0.25) is 0 Å². The minimum Gasteiger partial charge on any atom is -0.400 e. The Morgan fingerprint density at radius 3 is 2.24 bits per heavy atom. The van der Waals surface area contributed by atoms with E-state index in [-0.39, 0.29) is 0 Å². The number of hydrogen-bond donors (Lipinski definition) is 1. The Hall–Kier alpha value is -1.22. The molecule has 17 heavy (non-hydrogen) atoms. The molecule has 0 spiro atoms. The molecule has 0 heterocycles. The summed E-state index contributed by atoms with van der Waals surface area (Å²) < 4.78 is 74.0. The van der Waals surface area contributed by atoms with Crippen molar-refractivity contribution in [3.8, 4) is 5.75 Å². The average Bonchev–Trinajstić information content (AvgIpc) is 2.08. The highest BCUT2D eigenvalue weighted by molar-refractivity contribution is 8.13. The maximum Gasteiger partial charge on any atom is 0.573 e. The van der Waals surface area contributed by atoms with E-state index in [1.807, 2.05) is 0 Å². The minimum atomic E-state index is -5.20. The predicted molar refractivity (Wildman–Crippen MR) is 50.5 cm³/mol. The second-order valence-corrected chi connectivity index (χ2v) is 5.32. The average molecular weight is 294 g/mol. The van der Waals surface area contributed by atoms with Crippen LogP contribution in [0.5, 0.6) is 5.75 Å². The van der Waals surface area contributed by atoms with Crippen LogP contribution >= 0.6 is 10.7 Å². The second kappa shape index (κ2) is 4.22. The van der Waals surface area contributed by atoms with Gasteiger partial charge in [-0.1, -0.05) is 0 Å². The Morgan fingerprint density at radius 1 is 1.29 bits per heavy atom. The van der Waals surface area contributed by atoms with Gasteiger partial charge in [0.25, 0.3) is 9.05 Å². The normalized spacial score (nSPS) is 12.5. The van der Waals surface area contributed by atoms with Crippen LogP contribution in [0.4, 0.5) is 23.2 Å². The molecule has 0 bridgehead atoms. The molecule has 1 rings (SSSR count). The van der Waals surface area contributed by atoms with E-state index in [0.29, 0.717) is 6.07 Å². The zero-order valence-corrected chi connectivity index (χ0v) is 9.33. The summed E-state index contributed by atoms with van der Waals surface area (Å²) in [5.41, 5.74) is 4.33. The van der Waals surface area contributed by atoms with E-state index < -0.39 is 37.6 Å². The maximum absolute atomic E-state index is 13.4. The van der Waals surface area contributed by atoms with Crippen LogP contribution in [0.3, 0.4) is 0 Å². The number of halogens is 5. The van der Waals surface area contributed by atoms with Crippen molar-refractivity contribution in [2.45, 2.75) is 11.3 Å². The van der Waals surface area contributed by atoms with Crippen molar-refractivity contribution in [3.63, 3.8) is 0 Å². The van der Waals surface area contributed by atoms with E-state index in [1.54, 1.807) is 0 Å². The van der Waals surface area contributed by atoms with E-state index in [2.05, 4.69) is 4.74 Å². The van der Waals surface area contributed by atoms with E-state index in [1.165, 1.54) is 0 Å². The van der Waals surface area contributed by atoms with Crippen LogP contribution in [0.2, 0.25) is 0 Å². The minimum absolute atomic E-state index is 0.635. The van der Waals surface area contributed by atoms with Crippen LogP contribution in [0.1, 0.15) is 0 Å². The van der Waals surface area contributed by atoms with Crippen molar-refractivity contribution in [2.24, 2.45) is 0 Å². The first-order valence-corrected chi connectivity index (χ1v) is 6.11. The highest BCUT2D eigenvalue weighted by Crippen LogP contribution is 2.35. The summed E-state index contributed by atoms with van der Waals surface area (Å²) in [6, 6.07) is 1.37. The van der Waals surface area contributed by atoms with Crippen LogP contribution in [0, 0.1) is 5.82 Å². The van der Waals surface area contributed by atoms with Crippen LogP contribution in [0.15, 0.2) is 17.0 Å². The number of benzene rings is 1. The van der Waals surface area contributed by atoms with Gasteiger partial charge in [-0.3, -0.25) is 0 Å². The van der Waals surface area contributed by atoms with Gasteiger partial charge in [-0.25, -0.2) is 12.8 Å². The molecule has 0 unspecified atom stereocenters. The second-order valence-electron chi connectivity index (χ2n) is 2.78. The molecule has 0 aliphatic carbocycles. The van der Waals surface area contributed by atoms with Crippen molar-refractivity contribution in [2.75, 3.05) is 5.73 Å². The largest absolute Gasteiger partial charge is 0.573 e. The van der Waals surface area contributed by atoms with Gasteiger partial charge in [-0.2, -0.15) is 0 Å². The molecule has 2 N–H and O–H groups in total. The van der Waals surface area contributed by atoms with Gasteiger partial charge in [-0.05, 0) is 12.1 Å². The van der Waals surface area contributed by atoms with Gasteiger partial charge in [0, 0.05) is 10.7 Å². The molecule has 1 aromatic carbocycles. The van der Waals surface area contributed by atoms with Crippen molar-refractivity contribution < 1.29 is 30.7 Å². The molecule has 0 aliphatic heterocycles. The van der Waals surface area contributed by atoms with Crippen LogP contribution in [-0.4, -0.2) is 14.8 Å². The molecule has 4 nitrogen and oxygen atoms in total. The quantitative estimate of drug-likeness (QED) is 0.516. The smallest absolute Gasteiger partial charge is 0.400 e. The zero-order valence-electron chi connectivity index (χ0n) is 7.75. The summed E-state index contributed by atoms with van der Waals surface area (Å²) in [6.07, 6.45) is -5.20. The Morgan fingerprint density at radius 2 is 1.82 bits per heavy atom. The van der Waals surface area contributed by atoms with Gasteiger partial charge in [-0.15, -0.1) is 13.2 Å². The third-order valence-electron chi connectivity index (χ3n) is 1.57. The molecule has 0 saturated carbocycles. The Kier molecular flexibility index (Phi) is 3.44. The van der Waals surface area contributed by atoms with E-state index in [0.717, 1.165) is 6.07 Å². The standard InChI is InChI=1S/C7H4ClF4NO3S/c8-17(14,15)4-2-1-3(13)6(5(4)9)16-7(10,11)12/h1-2H,13H2. The summed E-state index contributed by atoms with van der Waals surface area (Å²) in [5.74, 6) is -3.23. The lowest BCUT2D eigenvalue weighted by Crippen LogP contribution is -2.19. The first-order chi connectivity index (χ1) is 7.52. The Balaban J connectivity index is 3.41. The molecular weight excluding hydrogens is 290 g/mol. The molecule has 0 amide bonds. The molecule has 0 aromatic heterocycles. The fourth-order valence-corrected chi connectivity index (χ4v) is 1.86. The van der Waals surface area contributed by atoms with Gasteiger partial charge in [0.05, 0.1) is 5.69 Å². The number of alkyl halides is 3.